The van der Waals surface area contributed by atoms with Gasteiger partial charge < -0.3 is 9.88 Å². The maximum absolute atomic E-state index is 12.1. The van der Waals surface area contributed by atoms with Crippen molar-refractivity contribution in [3.8, 4) is 0 Å². The van der Waals surface area contributed by atoms with Crippen molar-refractivity contribution in [2.24, 2.45) is 7.05 Å². The Balaban J connectivity index is 2.68. The SMILES string of the molecule is CC(C)NC(=O)c1cn(C)c(=O)c2ccccc12. The van der Waals surface area contributed by atoms with Gasteiger partial charge in [0, 0.05) is 30.1 Å². The van der Waals surface area contributed by atoms with E-state index in [1.54, 1.807) is 31.4 Å². The number of hydrogen-bond acceptors (Lipinski definition) is 2. The predicted octanol–water partition coefficient (Wildman–Crippen LogP) is 1.68. The highest BCUT2D eigenvalue weighted by Crippen LogP contribution is 2.15. The number of benzene rings is 1. The molecule has 0 atom stereocenters. The lowest BCUT2D eigenvalue weighted by molar-refractivity contribution is 0.0944. The Labute approximate surface area is 105 Å². The van der Waals surface area contributed by atoms with Gasteiger partial charge in [-0.05, 0) is 19.9 Å². The molecule has 0 saturated heterocycles. The van der Waals surface area contributed by atoms with Crippen molar-refractivity contribution in [2.75, 3.05) is 0 Å². The Morgan fingerprint density at radius 3 is 2.44 bits per heavy atom. The second-order valence-corrected chi connectivity index (χ2v) is 4.63. The second kappa shape index (κ2) is 4.64. The van der Waals surface area contributed by atoms with Gasteiger partial charge >= 0.3 is 0 Å². The number of pyridine rings is 1. The van der Waals surface area contributed by atoms with Gasteiger partial charge in [0.1, 0.15) is 0 Å². The Bertz CT molecular complexity index is 656. The summed E-state index contributed by atoms with van der Waals surface area (Å²) in [5.41, 5.74) is 0.438. The number of nitrogens with zero attached hydrogens (tertiary/aromatic N) is 1. The number of rotatable bonds is 2. The van der Waals surface area contributed by atoms with E-state index in [-0.39, 0.29) is 17.5 Å². The molecule has 0 aliphatic heterocycles. The minimum absolute atomic E-state index is 0.0634. The van der Waals surface area contributed by atoms with Crippen LogP contribution >= 0.6 is 0 Å². The largest absolute Gasteiger partial charge is 0.350 e. The molecular formula is C14H16N2O2. The highest BCUT2D eigenvalue weighted by molar-refractivity contribution is 6.06. The lowest BCUT2D eigenvalue weighted by Crippen LogP contribution is -2.31. The highest BCUT2D eigenvalue weighted by Gasteiger charge is 2.13. The molecule has 94 valence electrons. The van der Waals surface area contributed by atoms with Crippen LogP contribution in [0.5, 0.6) is 0 Å². The first kappa shape index (κ1) is 12.4. The number of fused-ring (bicyclic) bond motifs is 1. The van der Waals surface area contributed by atoms with Gasteiger partial charge in [-0.3, -0.25) is 9.59 Å². The molecule has 1 amide bonds. The van der Waals surface area contributed by atoms with Gasteiger partial charge in [-0.1, -0.05) is 18.2 Å². The third kappa shape index (κ3) is 2.14. The number of hydrogen-bond donors (Lipinski definition) is 1. The van der Waals surface area contributed by atoms with E-state index in [4.69, 9.17) is 0 Å². The van der Waals surface area contributed by atoms with E-state index in [9.17, 15) is 9.59 Å². The van der Waals surface area contributed by atoms with Gasteiger partial charge in [-0.25, -0.2) is 0 Å². The van der Waals surface area contributed by atoms with Crippen LogP contribution in [0.25, 0.3) is 10.8 Å². The number of carbonyl (C=O) groups excluding carboxylic acids is 1. The van der Waals surface area contributed by atoms with E-state index >= 15 is 0 Å². The fourth-order valence-corrected chi connectivity index (χ4v) is 1.94. The van der Waals surface area contributed by atoms with E-state index in [2.05, 4.69) is 5.32 Å². The average Bonchev–Trinajstić information content (AvgIpc) is 2.33. The molecule has 2 aromatic rings. The minimum atomic E-state index is -0.156. The molecule has 0 aliphatic rings. The molecule has 4 nitrogen and oxygen atoms in total. The van der Waals surface area contributed by atoms with Gasteiger partial charge in [-0.15, -0.1) is 0 Å². The maximum atomic E-state index is 12.1. The highest BCUT2D eigenvalue weighted by atomic mass is 16.2. The molecule has 0 saturated carbocycles. The van der Waals surface area contributed by atoms with Crippen molar-refractivity contribution in [1.29, 1.82) is 0 Å². The minimum Gasteiger partial charge on any atom is -0.350 e. The van der Waals surface area contributed by atoms with Crippen molar-refractivity contribution in [2.45, 2.75) is 19.9 Å². The van der Waals surface area contributed by atoms with Gasteiger partial charge in [0.25, 0.3) is 11.5 Å². The van der Waals surface area contributed by atoms with Crippen LogP contribution in [0.15, 0.2) is 35.3 Å². The number of aromatic nitrogens is 1. The molecule has 0 fully saturated rings. The first-order valence-corrected chi connectivity index (χ1v) is 5.90. The maximum Gasteiger partial charge on any atom is 0.258 e. The Morgan fingerprint density at radius 2 is 1.83 bits per heavy atom. The molecule has 1 aromatic heterocycles. The standard InChI is InChI=1S/C14H16N2O2/c1-9(2)15-13(17)12-8-16(3)14(18)11-7-5-4-6-10(11)12/h4-9H,1-3H3,(H,15,17). The van der Waals surface area contributed by atoms with Crippen LogP contribution in [0.4, 0.5) is 0 Å². The van der Waals surface area contributed by atoms with Gasteiger partial charge in [0.15, 0.2) is 0 Å². The molecule has 1 heterocycles. The van der Waals surface area contributed by atoms with E-state index in [0.29, 0.717) is 16.3 Å². The number of amides is 1. The Morgan fingerprint density at radius 1 is 1.22 bits per heavy atom. The lowest BCUT2D eigenvalue weighted by Gasteiger charge is -2.11. The van der Waals surface area contributed by atoms with E-state index in [0.717, 1.165) is 0 Å². The molecule has 4 heteroatoms. The Kier molecular flexibility index (Phi) is 3.19. The fourth-order valence-electron chi connectivity index (χ4n) is 1.94. The van der Waals surface area contributed by atoms with Crippen molar-refractivity contribution in [3.05, 3.63) is 46.4 Å². The summed E-state index contributed by atoms with van der Waals surface area (Å²) in [6.07, 6.45) is 1.59. The van der Waals surface area contributed by atoms with Crippen LogP contribution in [-0.2, 0) is 7.05 Å². The van der Waals surface area contributed by atoms with Crippen molar-refractivity contribution < 1.29 is 4.79 Å². The number of aryl methyl sites for hydroxylation is 1. The van der Waals surface area contributed by atoms with Gasteiger partial charge in [0.2, 0.25) is 0 Å². The molecule has 1 aromatic carbocycles. The summed E-state index contributed by atoms with van der Waals surface area (Å²) >= 11 is 0. The fraction of sp³-hybridized carbons (Fsp3) is 0.286. The molecule has 2 rings (SSSR count). The predicted molar refractivity (Wildman–Crippen MR) is 71.8 cm³/mol. The van der Waals surface area contributed by atoms with Crippen LogP contribution in [0.3, 0.4) is 0 Å². The summed E-state index contributed by atoms with van der Waals surface area (Å²) < 4.78 is 1.44. The normalized spacial score (nSPS) is 10.9. The van der Waals surface area contributed by atoms with Gasteiger partial charge in [-0.2, -0.15) is 0 Å². The third-order valence-electron chi connectivity index (χ3n) is 2.76. The van der Waals surface area contributed by atoms with Gasteiger partial charge in [0.05, 0.1) is 5.56 Å². The molecule has 0 spiro atoms. The van der Waals surface area contributed by atoms with E-state index < -0.39 is 0 Å². The van der Waals surface area contributed by atoms with Crippen LogP contribution < -0.4 is 10.9 Å². The van der Waals surface area contributed by atoms with E-state index in [1.807, 2.05) is 19.9 Å². The first-order valence-electron chi connectivity index (χ1n) is 5.90. The molecule has 1 N–H and O–H groups in total. The van der Waals surface area contributed by atoms with E-state index in [1.165, 1.54) is 4.57 Å². The summed E-state index contributed by atoms with van der Waals surface area (Å²) in [5, 5.41) is 4.10. The topological polar surface area (TPSA) is 51.1 Å². The van der Waals surface area contributed by atoms with Crippen LogP contribution in [0.2, 0.25) is 0 Å². The molecule has 18 heavy (non-hydrogen) atoms. The van der Waals surface area contributed by atoms with Crippen LogP contribution in [0, 0.1) is 0 Å². The first-order chi connectivity index (χ1) is 8.50. The van der Waals surface area contributed by atoms with Crippen LogP contribution in [-0.4, -0.2) is 16.5 Å². The zero-order chi connectivity index (χ0) is 13.3. The van der Waals surface area contributed by atoms with Crippen LogP contribution in [0.1, 0.15) is 24.2 Å². The Hall–Kier alpha value is -2.10. The smallest absolute Gasteiger partial charge is 0.258 e. The lowest BCUT2D eigenvalue weighted by atomic mass is 10.1. The molecule has 0 unspecified atom stereocenters. The zero-order valence-electron chi connectivity index (χ0n) is 10.7. The van der Waals surface area contributed by atoms with Crippen molar-refractivity contribution in [1.82, 2.24) is 9.88 Å². The summed E-state index contributed by atoms with van der Waals surface area (Å²) in [6, 6.07) is 7.23. The number of carbonyl (C=O) groups is 1. The molecule has 0 aliphatic carbocycles. The third-order valence-corrected chi connectivity index (χ3v) is 2.76. The summed E-state index contributed by atoms with van der Waals surface area (Å²) in [7, 11) is 1.65. The monoisotopic (exact) mass is 244 g/mol. The zero-order valence-corrected chi connectivity index (χ0v) is 10.7. The number of nitrogens with one attached hydrogen (secondary N) is 1. The van der Waals surface area contributed by atoms with Crippen molar-refractivity contribution >= 4 is 16.7 Å². The molecular weight excluding hydrogens is 228 g/mol. The quantitative estimate of drug-likeness (QED) is 0.873. The molecule has 0 radical (unpaired) electrons. The average molecular weight is 244 g/mol. The van der Waals surface area contributed by atoms with Crippen molar-refractivity contribution in [3.63, 3.8) is 0 Å². The molecule has 0 bridgehead atoms. The summed E-state index contributed by atoms with van der Waals surface area (Å²) in [4.78, 5) is 24.1. The summed E-state index contributed by atoms with van der Waals surface area (Å²) in [5.74, 6) is -0.156. The summed E-state index contributed by atoms with van der Waals surface area (Å²) in [6.45, 7) is 3.81. The second-order valence-electron chi connectivity index (χ2n) is 4.63.